The van der Waals surface area contributed by atoms with Crippen LogP contribution in [0.2, 0.25) is 0 Å². The van der Waals surface area contributed by atoms with E-state index in [1.54, 1.807) is 14.2 Å². The molecule has 1 fully saturated rings. The second-order valence-corrected chi connectivity index (χ2v) is 3.60. The van der Waals surface area contributed by atoms with Crippen LogP contribution in [0.3, 0.4) is 0 Å². The SMILES string of the molecule is CNc1ncnc(N2CCNC(=O)C2)c1OC. The average molecular weight is 237 g/mol. The summed E-state index contributed by atoms with van der Waals surface area (Å²) in [5, 5.41) is 5.70. The molecule has 7 heteroatoms. The molecule has 7 nitrogen and oxygen atoms in total. The number of hydrogen-bond acceptors (Lipinski definition) is 6. The average Bonchev–Trinajstić information content (AvgIpc) is 2.37. The van der Waals surface area contributed by atoms with Gasteiger partial charge in [-0.3, -0.25) is 4.79 Å². The summed E-state index contributed by atoms with van der Waals surface area (Å²) in [6.07, 6.45) is 1.45. The van der Waals surface area contributed by atoms with E-state index in [1.807, 2.05) is 4.90 Å². The van der Waals surface area contributed by atoms with E-state index in [4.69, 9.17) is 4.74 Å². The van der Waals surface area contributed by atoms with Crippen molar-refractivity contribution in [3.8, 4) is 5.75 Å². The molecule has 1 aromatic heterocycles. The first-order valence-electron chi connectivity index (χ1n) is 5.34. The Bertz CT molecular complexity index is 423. The van der Waals surface area contributed by atoms with Gasteiger partial charge in [-0.05, 0) is 0 Å². The lowest BCUT2D eigenvalue weighted by Crippen LogP contribution is -2.48. The zero-order valence-electron chi connectivity index (χ0n) is 9.86. The van der Waals surface area contributed by atoms with Crippen LogP contribution < -0.4 is 20.3 Å². The van der Waals surface area contributed by atoms with Gasteiger partial charge < -0.3 is 20.3 Å². The molecular formula is C10H15N5O2. The Balaban J connectivity index is 2.33. The highest BCUT2D eigenvalue weighted by Gasteiger charge is 2.22. The Hall–Kier alpha value is -2.05. The van der Waals surface area contributed by atoms with E-state index >= 15 is 0 Å². The number of nitrogens with one attached hydrogen (secondary N) is 2. The number of hydrogen-bond donors (Lipinski definition) is 2. The summed E-state index contributed by atoms with van der Waals surface area (Å²) < 4.78 is 5.29. The lowest BCUT2D eigenvalue weighted by molar-refractivity contribution is -0.120. The molecule has 2 heterocycles. The fourth-order valence-electron chi connectivity index (χ4n) is 1.78. The largest absolute Gasteiger partial charge is 0.490 e. The molecule has 1 aromatic rings. The maximum atomic E-state index is 11.3. The van der Waals surface area contributed by atoms with Crippen LogP contribution in [0.5, 0.6) is 5.75 Å². The lowest BCUT2D eigenvalue weighted by atomic mass is 10.3. The highest BCUT2D eigenvalue weighted by atomic mass is 16.5. The minimum absolute atomic E-state index is 0.0112. The van der Waals surface area contributed by atoms with Gasteiger partial charge in [0.25, 0.3) is 0 Å². The molecule has 1 amide bonds. The van der Waals surface area contributed by atoms with Gasteiger partial charge in [-0.2, -0.15) is 0 Å². The monoisotopic (exact) mass is 237 g/mol. The molecule has 2 rings (SSSR count). The molecular weight excluding hydrogens is 222 g/mol. The van der Waals surface area contributed by atoms with Gasteiger partial charge in [0.05, 0.1) is 13.7 Å². The summed E-state index contributed by atoms with van der Waals surface area (Å²) in [7, 11) is 3.32. The molecule has 1 saturated heterocycles. The second-order valence-electron chi connectivity index (χ2n) is 3.60. The Morgan fingerprint density at radius 2 is 2.35 bits per heavy atom. The van der Waals surface area contributed by atoms with Crippen LogP contribution in [0.15, 0.2) is 6.33 Å². The van der Waals surface area contributed by atoms with Crippen molar-refractivity contribution < 1.29 is 9.53 Å². The fourth-order valence-corrected chi connectivity index (χ4v) is 1.78. The number of piperazine rings is 1. The Labute approximate surface area is 99.2 Å². The molecule has 1 aliphatic heterocycles. The van der Waals surface area contributed by atoms with Crippen molar-refractivity contribution in [2.45, 2.75) is 0 Å². The molecule has 17 heavy (non-hydrogen) atoms. The molecule has 0 aliphatic carbocycles. The van der Waals surface area contributed by atoms with Crippen molar-refractivity contribution in [1.29, 1.82) is 0 Å². The number of nitrogens with zero attached hydrogens (tertiary/aromatic N) is 3. The number of aromatic nitrogens is 2. The summed E-state index contributed by atoms with van der Waals surface area (Å²) in [6, 6.07) is 0. The summed E-state index contributed by atoms with van der Waals surface area (Å²) >= 11 is 0. The van der Waals surface area contributed by atoms with Crippen LogP contribution in [-0.2, 0) is 4.79 Å². The van der Waals surface area contributed by atoms with Gasteiger partial charge in [-0.25, -0.2) is 9.97 Å². The maximum absolute atomic E-state index is 11.3. The van der Waals surface area contributed by atoms with Crippen molar-refractivity contribution in [3.05, 3.63) is 6.33 Å². The molecule has 2 N–H and O–H groups in total. The van der Waals surface area contributed by atoms with Crippen molar-refractivity contribution in [3.63, 3.8) is 0 Å². The topological polar surface area (TPSA) is 79.4 Å². The number of amides is 1. The van der Waals surface area contributed by atoms with Gasteiger partial charge >= 0.3 is 0 Å². The molecule has 0 radical (unpaired) electrons. The normalized spacial score (nSPS) is 15.4. The van der Waals surface area contributed by atoms with E-state index in [2.05, 4.69) is 20.6 Å². The first-order valence-corrected chi connectivity index (χ1v) is 5.34. The van der Waals surface area contributed by atoms with Crippen LogP contribution in [0.25, 0.3) is 0 Å². The Morgan fingerprint density at radius 3 is 3.00 bits per heavy atom. The van der Waals surface area contributed by atoms with Crippen LogP contribution in [-0.4, -0.2) is 49.7 Å². The van der Waals surface area contributed by atoms with Gasteiger partial charge in [0.2, 0.25) is 11.7 Å². The lowest BCUT2D eigenvalue weighted by Gasteiger charge is -2.28. The summed E-state index contributed by atoms with van der Waals surface area (Å²) in [5.41, 5.74) is 0. The third kappa shape index (κ3) is 2.22. The summed E-state index contributed by atoms with van der Waals surface area (Å²) in [6.45, 7) is 1.61. The summed E-state index contributed by atoms with van der Waals surface area (Å²) in [5.74, 6) is 1.80. The first kappa shape index (κ1) is 11.4. The predicted octanol–water partition coefficient (Wildman–Crippen LogP) is -0.537. The van der Waals surface area contributed by atoms with Crippen molar-refractivity contribution in [2.24, 2.45) is 0 Å². The number of methoxy groups -OCH3 is 1. The quantitative estimate of drug-likeness (QED) is 0.735. The molecule has 0 atom stereocenters. The number of ether oxygens (including phenoxy) is 1. The smallest absolute Gasteiger partial charge is 0.239 e. The number of carbonyl (C=O) groups excluding carboxylic acids is 1. The van der Waals surface area contributed by atoms with E-state index in [-0.39, 0.29) is 12.5 Å². The minimum Gasteiger partial charge on any atom is -0.490 e. The number of anilines is 2. The van der Waals surface area contributed by atoms with Gasteiger partial charge in [-0.1, -0.05) is 0 Å². The van der Waals surface area contributed by atoms with Crippen LogP contribution in [0.4, 0.5) is 11.6 Å². The molecule has 0 spiro atoms. The van der Waals surface area contributed by atoms with Crippen molar-refractivity contribution in [1.82, 2.24) is 15.3 Å². The predicted molar refractivity (Wildman–Crippen MR) is 63.4 cm³/mol. The van der Waals surface area contributed by atoms with Crippen molar-refractivity contribution in [2.75, 3.05) is 44.0 Å². The zero-order valence-corrected chi connectivity index (χ0v) is 9.86. The third-order valence-electron chi connectivity index (χ3n) is 2.56. The second kappa shape index (κ2) is 4.86. The van der Waals surface area contributed by atoms with E-state index < -0.39 is 0 Å². The Morgan fingerprint density at radius 1 is 1.53 bits per heavy atom. The van der Waals surface area contributed by atoms with E-state index in [0.717, 1.165) is 0 Å². The molecule has 92 valence electrons. The molecule has 0 saturated carbocycles. The standard InChI is InChI=1S/C10H15N5O2/c1-11-9-8(17-2)10(14-6-13-9)15-4-3-12-7(16)5-15/h6H,3-5H2,1-2H3,(H,12,16)(H,11,13,14). The van der Waals surface area contributed by atoms with E-state index in [1.165, 1.54) is 6.33 Å². The summed E-state index contributed by atoms with van der Waals surface area (Å²) in [4.78, 5) is 21.5. The minimum atomic E-state index is -0.0112. The first-order chi connectivity index (χ1) is 8.26. The molecule has 1 aliphatic rings. The molecule has 0 unspecified atom stereocenters. The van der Waals surface area contributed by atoms with Gasteiger partial charge in [0, 0.05) is 20.1 Å². The molecule has 0 bridgehead atoms. The Kier molecular flexibility index (Phi) is 3.27. The van der Waals surface area contributed by atoms with Gasteiger partial charge in [0.15, 0.2) is 11.6 Å². The third-order valence-corrected chi connectivity index (χ3v) is 2.56. The van der Waals surface area contributed by atoms with Gasteiger partial charge in [-0.15, -0.1) is 0 Å². The van der Waals surface area contributed by atoms with E-state index in [0.29, 0.717) is 30.5 Å². The fraction of sp³-hybridized carbons (Fsp3) is 0.500. The van der Waals surface area contributed by atoms with E-state index in [9.17, 15) is 4.79 Å². The zero-order chi connectivity index (χ0) is 12.3. The van der Waals surface area contributed by atoms with Crippen LogP contribution >= 0.6 is 0 Å². The van der Waals surface area contributed by atoms with Crippen LogP contribution in [0, 0.1) is 0 Å². The highest BCUT2D eigenvalue weighted by molar-refractivity contribution is 5.83. The van der Waals surface area contributed by atoms with Gasteiger partial charge in [0.1, 0.15) is 6.33 Å². The number of rotatable bonds is 3. The maximum Gasteiger partial charge on any atom is 0.239 e. The number of carbonyl (C=O) groups is 1. The highest BCUT2D eigenvalue weighted by Crippen LogP contribution is 2.31. The van der Waals surface area contributed by atoms with Crippen LogP contribution in [0.1, 0.15) is 0 Å². The van der Waals surface area contributed by atoms with Crippen molar-refractivity contribution >= 4 is 17.5 Å². The molecule has 0 aromatic carbocycles.